The predicted octanol–water partition coefficient (Wildman–Crippen LogP) is 5.38. The second-order valence-electron chi connectivity index (χ2n) is 9.18. The molecule has 2 heterocycles. The SMILES string of the molecule is COc1ccc([C@@H]2C3=C(CC(C)(C)CC3=O)Nc3nc(SCc4ccccc4F)nn32)cc1. The Morgan fingerprint density at radius 2 is 1.94 bits per heavy atom. The summed E-state index contributed by atoms with van der Waals surface area (Å²) in [6.07, 6.45) is 1.24. The largest absolute Gasteiger partial charge is 0.497 e. The molecule has 2 aromatic carbocycles. The molecule has 1 atom stereocenters. The Kier molecular flexibility index (Phi) is 5.48. The quantitative estimate of drug-likeness (QED) is 0.512. The summed E-state index contributed by atoms with van der Waals surface area (Å²) in [7, 11) is 1.63. The van der Waals surface area contributed by atoms with Crippen molar-refractivity contribution in [2.24, 2.45) is 5.41 Å². The summed E-state index contributed by atoms with van der Waals surface area (Å²) in [6.45, 7) is 4.21. The molecule has 0 bridgehead atoms. The number of rotatable bonds is 5. The van der Waals surface area contributed by atoms with Crippen LogP contribution in [-0.4, -0.2) is 27.7 Å². The molecule has 33 heavy (non-hydrogen) atoms. The van der Waals surface area contributed by atoms with Crippen molar-refractivity contribution in [3.8, 4) is 5.75 Å². The number of aromatic nitrogens is 3. The first-order valence-corrected chi connectivity index (χ1v) is 11.8. The van der Waals surface area contributed by atoms with Gasteiger partial charge in [0.15, 0.2) is 5.78 Å². The summed E-state index contributed by atoms with van der Waals surface area (Å²) < 4.78 is 21.1. The number of fused-ring (bicyclic) bond motifs is 1. The molecule has 0 spiro atoms. The molecule has 1 aliphatic carbocycles. The van der Waals surface area contributed by atoms with Crippen LogP contribution in [0.15, 0.2) is 65.0 Å². The fourth-order valence-corrected chi connectivity index (χ4v) is 5.32. The number of hydrogen-bond acceptors (Lipinski definition) is 6. The lowest BCUT2D eigenvalue weighted by Gasteiger charge is -2.38. The normalized spacial score (nSPS) is 19.0. The van der Waals surface area contributed by atoms with Crippen molar-refractivity contribution in [3.63, 3.8) is 0 Å². The van der Waals surface area contributed by atoms with Crippen LogP contribution in [0.5, 0.6) is 5.75 Å². The Labute approximate surface area is 196 Å². The van der Waals surface area contributed by atoms with E-state index in [2.05, 4.69) is 24.1 Å². The number of halogens is 1. The van der Waals surface area contributed by atoms with Crippen LogP contribution in [0, 0.1) is 11.2 Å². The van der Waals surface area contributed by atoms with Crippen molar-refractivity contribution >= 4 is 23.5 Å². The van der Waals surface area contributed by atoms with E-state index < -0.39 is 0 Å². The van der Waals surface area contributed by atoms with E-state index in [1.807, 2.05) is 30.3 Å². The Bertz CT molecular complexity index is 1250. The van der Waals surface area contributed by atoms with Crippen LogP contribution >= 0.6 is 11.8 Å². The fourth-order valence-electron chi connectivity index (χ4n) is 4.50. The number of benzene rings is 2. The highest BCUT2D eigenvalue weighted by Gasteiger charge is 2.41. The van der Waals surface area contributed by atoms with Gasteiger partial charge in [-0.1, -0.05) is 55.9 Å². The molecule has 1 aromatic heterocycles. The molecule has 0 fully saturated rings. The average Bonchev–Trinajstić information content (AvgIpc) is 3.19. The number of anilines is 1. The third kappa shape index (κ3) is 4.15. The third-order valence-electron chi connectivity index (χ3n) is 6.06. The first-order chi connectivity index (χ1) is 15.8. The fraction of sp³-hybridized carbons (Fsp3) is 0.320. The number of carbonyl (C=O) groups excluding carboxylic acids is 1. The van der Waals surface area contributed by atoms with Crippen molar-refractivity contribution in [2.75, 3.05) is 12.4 Å². The maximum absolute atomic E-state index is 14.1. The van der Waals surface area contributed by atoms with Gasteiger partial charge in [0.25, 0.3) is 0 Å². The second-order valence-corrected chi connectivity index (χ2v) is 10.1. The summed E-state index contributed by atoms with van der Waals surface area (Å²) in [5.41, 5.74) is 3.06. The second kappa shape index (κ2) is 8.33. The number of methoxy groups -OCH3 is 1. The van der Waals surface area contributed by atoms with E-state index in [4.69, 9.17) is 9.84 Å². The molecular formula is C25H25FN4O2S. The molecular weight excluding hydrogens is 439 g/mol. The molecule has 5 rings (SSSR count). The minimum absolute atomic E-state index is 0.122. The summed E-state index contributed by atoms with van der Waals surface area (Å²) in [4.78, 5) is 18.0. The molecule has 6 nitrogen and oxygen atoms in total. The number of allylic oxidation sites excluding steroid dienone is 2. The van der Waals surface area contributed by atoms with Gasteiger partial charge < -0.3 is 10.1 Å². The van der Waals surface area contributed by atoms with Gasteiger partial charge >= 0.3 is 0 Å². The Morgan fingerprint density at radius 3 is 2.67 bits per heavy atom. The van der Waals surface area contributed by atoms with Gasteiger partial charge in [0, 0.05) is 23.4 Å². The van der Waals surface area contributed by atoms with Crippen LogP contribution < -0.4 is 10.1 Å². The van der Waals surface area contributed by atoms with Crippen LogP contribution in [0.2, 0.25) is 0 Å². The van der Waals surface area contributed by atoms with E-state index in [0.717, 1.165) is 29.0 Å². The van der Waals surface area contributed by atoms with Crippen LogP contribution in [0.1, 0.15) is 43.9 Å². The zero-order valence-corrected chi connectivity index (χ0v) is 19.6. The van der Waals surface area contributed by atoms with Crippen molar-refractivity contribution in [2.45, 2.75) is 43.6 Å². The standard InChI is InChI=1S/C25H25FN4O2S/c1-25(2)12-19-21(20(31)13-25)22(15-8-10-17(32-3)11-9-15)30-23(27-19)28-24(29-30)33-14-16-6-4-5-7-18(16)26/h4-11,22H,12-14H2,1-3H3,(H,27,28,29)/t22-/m1/s1. The number of ether oxygens (including phenoxy) is 1. The Morgan fingerprint density at radius 1 is 1.18 bits per heavy atom. The molecule has 170 valence electrons. The van der Waals surface area contributed by atoms with Crippen molar-refractivity contribution < 1.29 is 13.9 Å². The maximum atomic E-state index is 14.1. The Hall–Kier alpha value is -3.13. The van der Waals surface area contributed by atoms with Gasteiger partial charge in [-0.25, -0.2) is 9.07 Å². The van der Waals surface area contributed by atoms with Crippen LogP contribution in [0.3, 0.4) is 0 Å². The van der Waals surface area contributed by atoms with Gasteiger partial charge in [-0.2, -0.15) is 4.98 Å². The molecule has 1 N–H and O–H groups in total. The van der Waals surface area contributed by atoms with Gasteiger partial charge in [0.2, 0.25) is 11.1 Å². The first-order valence-electron chi connectivity index (χ1n) is 10.8. The summed E-state index contributed by atoms with van der Waals surface area (Å²) in [5.74, 6) is 1.64. The molecule has 0 saturated heterocycles. The molecule has 0 radical (unpaired) electrons. The average molecular weight is 465 g/mol. The highest BCUT2D eigenvalue weighted by molar-refractivity contribution is 7.98. The van der Waals surface area contributed by atoms with Crippen LogP contribution in [0.25, 0.3) is 0 Å². The number of hydrogen-bond donors (Lipinski definition) is 1. The van der Waals surface area contributed by atoms with Crippen molar-refractivity contribution in [3.05, 3.63) is 76.7 Å². The third-order valence-corrected chi connectivity index (χ3v) is 6.95. The molecule has 0 saturated carbocycles. The van der Waals surface area contributed by atoms with Crippen molar-refractivity contribution in [1.29, 1.82) is 0 Å². The number of nitrogens with zero attached hydrogens (tertiary/aromatic N) is 3. The van der Waals surface area contributed by atoms with Gasteiger partial charge in [-0.3, -0.25) is 4.79 Å². The minimum atomic E-state index is -0.374. The van der Waals surface area contributed by atoms with Crippen LogP contribution in [0.4, 0.5) is 10.3 Å². The van der Waals surface area contributed by atoms with E-state index in [1.165, 1.54) is 17.8 Å². The Balaban J connectivity index is 1.53. The summed E-state index contributed by atoms with van der Waals surface area (Å²) >= 11 is 1.37. The monoisotopic (exact) mass is 464 g/mol. The number of carbonyl (C=O) groups is 1. The number of nitrogens with one attached hydrogen (secondary N) is 1. The van der Waals surface area contributed by atoms with Crippen LogP contribution in [-0.2, 0) is 10.5 Å². The topological polar surface area (TPSA) is 69.0 Å². The molecule has 8 heteroatoms. The molecule has 3 aromatic rings. The molecule has 0 amide bonds. The van der Waals surface area contributed by atoms with E-state index in [1.54, 1.807) is 23.9 Å². The number of thioether (sulfide) groups is 1. The van der Waals surface area contributed by atoms with Gasteiger partial charge in [0.1, 0.15) is 17.6 Å². The van der Waals surface area contributed by atoms with E-state index in [-0.39, 0.29) is 23.1 Å². The van der Waals surface area contributed by atoms with E-state index in [0.29, 0.717) is 28.8 Å². The number of ketones is 1. The van der Waals surface area contributed by atoms with Crippen molar-refractivity contribution in [1.82, 2.24) is 14.8 Å². The molecule has 1 aliphatic heterocycles. The minimum Gasteiger partial charge on any atom is -0.497 e. The lowest BCUT2D eigenvalue weighted by Crippen LogP contribution is -2.36. The molecule has 0 unspecified atom stereocenters. The highest BCUT2D eigenvalue weighted by atomic mass is 32.2. The first kappa shape index (κ1) is 21.7. The van der Waals surface area contributed by atoms with Gasteiger partial charge in [0.05, 0.1) is 7.11 Å². The summed E-state index contributed by atoms with van der Waals surface area (Å²) in [5, 5.41) is 8.63. The lowest BCUT2D eigenvalue weighted by atomic mass is 9.73. The maximum Gasteiger partial charge on any atom is 0.227 e. The molecule has 2 aliphatic rings. The summed E-state index contributed by atoms with van der Waals surface area (Å²) in [6, 6.07) is 14.0. The van der Waals surface area contributed by atoms with E-state index >= 15 is 0 Å². The zero-order valence-electron chi connectivity index (χ0n) is 18.8. The predicted molar refractivity (Wildman–Crippen MR) is 126 cm³/mol. The van der Waals surface area contributed by atoms with Gasteiger partial charge in [-0.15, -0.1) is 5.10 Å². The van der Waals surface area contributed by atoms with Gasteiger partial charge in [-0.05, 0) is 41.2 Å². The smallest absolute Gasteiger partial charge is 0.227 e. The van der Waals surface area contributed by atoms with E-state index in [9.17, 15) is 9.18 Å². The zero-order chi connectivity index (χ0) is 23.2. The highest BCUT2D eigenvalue weighted by Crippen LogP contribution is 2.45. The number of Topliss-reactive ketones (excluding diaryl/α,β-unsaturated/α-hetero) is 1. The lowest BCUT2D eigenvalue weighted by molar-refractivity contribution is -0.118.